The van der Waals surface area contributed by atoms with Gasteiger partial charge in [0, 0.05) is 7.05 Å². The van der Waals surface area contributed by atoms with E-state index in [9.17, 15) is 4.39 Å². The van der Waals surface area contributed by atoms with Gasteiger partial charge in [0.1, 0.15) is 28.3 Å². The number of halogens is 3. The molecule has 1 aromatic heterocycles. The summed E-state index contributed by atoms with van der Waals surface area (Å²) in [5.41, 5.74) is 0.664. The second-order valence-corrected chi connectivity index (χ2v) is 5.23. The van der Waals surface area contributed by atoms with Crippen molar-refractivity contribution >= 4 is 55.8 Å². The number of benzene rings is 1. The Hall–Kier alpha value is -0.960. The third-order valence-electron chi connectivity index (χ3n) is 2.23. The lowest BCUT2D eigenvalue weighted by Gasteiger charge is -2.11. The normalized spacial score (nSPS) is 10.2. The van der Waals surface area contributed by atoms with Crippen molar-refractivity contribution < 1.29 is 4.39 Å². The minimum atomic E-state index is -0.264. The first kappa shape index (κ1) is 13.5. The number of rotatable bonds is 3. The molecule has 0 saturated heterocycles. The zero-order valence-corrected chi connectivity index (χ0v) is 13.1. The summed E-state index contributed by atoms with van der Waals surface area (Å²) in [5, 5.41) is 6.00. The second-order valence-electron chi connectivity index (χ2n) is 3.36. The van der Waals surface area contributed by atoms with Gasteiger partial charge >= 0.3 is 0 Å². The Morgan fingerprint density at radius 3 is 2.72 bits per heavy atom. The largest absolute Gasteiger partial charge is 0.372 e. The fourth-order valence-corrected chi connectivity index (χ4v) is 2.36. The van der Waals surface area contributed by atoms with Crippen LogP contribution in [0.3, 0.4) is 0 Å². The van der Waals surface area contributed by atoms with Crippen LogP contribution in [0.1, 0.15) is 0 Å². The molecule has 94 valence electrons. The third-order valence-corrected chi connectivity index (χ3v) is 4.08. The molecular formula is C11H9BrFIN4. The van der Waals surface area contributed by atoms with Crippen LogP contribution in [0.5, 0.6) is 0 Å². The van der Waals surface area contributed by atoms with Crippen molar-refractivity contribution in [3.63, 3.8) is 0 Å². The number of hydrogen-bond acceptors (Lipinski definition) is 4. The van der Waals surface area contributed by atoms with Gasteiger partial charge in [0.2, 0.25) is 0 Å². The van der Waals surface area contributed by atoms with E-state index in [1.165, 1.54) is 12.4 Å². The van der Waals surface area contributed by atoms with E-state index in [2.05, 4.69) is 36.5 Å². The Kier molecular flexibility index (Phi) is 4.33. The van der Waals surface area contributed by atoms with Crippen LogP contribution in [0.25, 0.3) is 0 Å². The highest BCUT2D eigenvalue weighted by Crippen LogP contribution is 2.30. The first-order valence-corrected chi connectivity index (χ1v) is 6.90. The van der Waals surface area contributed by atoms with Gasteiger partial charge in [-0.2, -0.15) is 0 Å². The van der Waals surface area contributed by atoms with E-state index in [0.29, 0.717) is 25.4 Å². The highest BCUT2D eigenvalue weighted by molar-refractivity contribution is 14.1. The molecule has 0 unspecified atom stereocenters. The van der Waals surface area contributed by atoms with Crippen molar-refractivity contribution in [2.75, 3.05) is 17.7 Å². The molecule has 0 amide bonds. The van der Waals surface area contributed by atoms with Gasteiger partial charge in [-0.1, -0.05) is 6.07 Å². The average Bonchev–Trinajstić information content (AvgIpc) is 2.37. The molecule has 2 rings (SSSR count). The number of aromatic nitrogens is 2. The molecule has 0 fully saturated rings. The molecule has 0 aliphatic rings. The maximum Gasteiger partial charge on any atom is 0.150 e. The van der Waals surface area contributed by atoms with Crippen molar-refractivity contribution in [2.45, 2.75) is 0 Å². The average molecular weight is 423 g/mol. The number of anilines is 3. The monoisotopic (exact) mass is 422 g/mol. The lowest BCUT2D eigenvalue weighted by Crippen LogP contribution is -2.02. The summed E-state index contributed by atoms with van der Waals surface area (Å²) >= 11 is 5.35. The zero-order chi connectivity index (χ0) is 13.1. The van der Waals surface area contributed by atoms with Gasteiger partial charge in [-0.3, -0.25) is 0 Å². The summed E-state index contributed by atoms with van der Waals surface area (Å²) < 4.78 is 14.6. The molecule has 0 saturated carbocycles. The highest BCUT2D eigenvalue weighted by Gasteiger charge is 2.10. The van der Waals surface area contributed by atoms with Crippen LogP contribution >= 0.6 is 38.5 Å². The fourth-order valence-electron chi connectivity index (χ4n) is 1.36. The van der Waals surface area contributed by atoms with E-state index in [4.69, 9.17) is 0 Å². The SMILES string of the molecule is CNc1ncnc(Nc2cccc(F)c2I)c1Br. The third kappa shape index (κ3) is 2.72. The molecule has 0 aliphatic carbocycles. The van der Waals surface area contributed by atoms with Crippen molar-refractivity contribution in [3.05, 3.63) is 38.4 Å². The predicted octanol–water partition coefficient (Wildman–Crippen LogP) is 3.77. The molecule has 18 heavy (non-hydrogen) atoms. The molecule has 0 bridgehead atoms. The Morgan fingerprint density at radius 2 is 2.00 bits per heavy atom. The minimum absolute atomic E-state index is 0.264. The van der Waals surface area contributed by atoms with Crippen molar-refractivity contribution in [2.24, 2.45) is 0 Å². The molecule has 0 radical (unpaired) electrons. The molecule has 0 atom stereocenters. The van der Waals surface area contributed by atoms with E-state index in [-0.39, 0.29) is 5.82 Å². The van der Waals surface area contributed by atoms with Gasteiger partial charge in [-0.05, 0) is 50.7 Å². The number of nitrogens with zero attached hydrogens (tertiary/aromatic N) is 2. The molecule has 2 aromatic rings. The highest BCUT2D eigenvalue weighted by atomic mass is 127. The van der Waals surface area contributed by atoms with Crippen LogP contribution in [-0.2, 0) is 0 Å². The van der Waals surface area contributed by atoms with Crippen LogP contribution in [0.4, 0.5) is 21.7 Å². The maximum absolute atomic E-state index is 13.4. The second kappa shape index (κ2) is 5.79. The number of nitrogens with one attached hydrogen (secondary N) is 2. The summed E-state index contributed by atoms with van der Waals surface area (Å²) in [6, 6.07) is 4.85. The maximum atomic E-state index is 13.4. The standard InChI is InChI=1S/C11H9BrFIN4/c1-15-10-8(12)11(17-5-16-10)18-7-4-2-3-6(13)9(7)14/h2-5H,1H3,(H2,15,16,17,18). The Morgan fingerprint density at radius 1 is 1.28 bits per heavy atom. The molecule has 1 heterocycles. The van der Waals surface area contributed by atoms with E-state index >= 15 is 0 Å². The quantitative estimate of drug-likeness (QED) is 0.739. The van der Waals surface area contributed by atoms with Gasteiger partial charge in [0.15, 0.2) is 0 Å². The molecule has 1 aromatic carbocycles. The van der Waals surface area contributed by atoms with Gasteiger partial charge in [0.25, 0.3) is 0 Å². The van der Waals surface area contributed by atoms with E-state index in [1.807, 2.05) is 22.6 Å². The van der Waals surface area contributed by atoms with Crippen molar-refractivity contribution in [1.82, 2.24) is 9.97 Å². The van der Waals surface area contributed by atoms with Gasteiger partial charge in [0.05, 0.1) is 9.26 Å². The van der Waals surface area contributed by atoms with Crippen LogP contribution < -0.4 is 10.6 Å². The summed E-state index contributed by atoms with van der Waals surface area (Å²) in [4.78, 5) is 8.17. The summed E-state index contributed by atoms with van der Waals surface area (Å²) in [6.07, 6.45) is 1.44. The summed E-state index contributed by atoms with van der Waals surface area (Å²) in [5.74, 6) is 0.983. The van der Waals surface area contributed by atoms with Crippen LogP contribution in [0.2, 0.25) is 0 Å². The van der Waals surface area contributed by atoms with E-state index in [1.54, 1.807) is 19.2 Å². The Labute approximate surface area is 126 Å². The van der Waals surface area contributed by atoms with Crippen LogP contribution in [-0.4, -0.2) is 17.0 Å². The first-order valence-electron chi connectivity index (χ1n) is 5.02. The Balaban J connectivity index is 2.37. The number of hydrogen-bond donors (Lipinski definition) is 2. The molecule has 0 spiro atoms. The summed E-state index contributed by atoms with van der Waals surface area (Å²) in [6.45, 7) is 0. The topological polar surface area (TPSA) is 49.8 Å². The van der Waals surface area contributed by atoms with Crippen molar-refractivity contribution in [3.8, 4) is 0 Å². The smallest absolute Gasteiger partial charge is 0.150 e. The van der Waals surface area contributed by atoms with Gasteiger partial charge in [-0.25, -0.2) is 14.4 Å². The zero-order valence-electron chi connectivity index (χ0n) is 9.34. The molecule has 2 N–H and O–H groups in total. The molecular weight excluding hydrogens is 414 g/mol. The lowest BCUT2D eigenvalue weighted by atomic mass is 10.3. The van der Waals surface area contributed by atoms with Crippen molar-refractivity contribution in [1.29, 1.82) is 0 Å². The molecule has 4 nitrogen and oxygen atoms in total. The van der Waals surface area contributed by atoms with Crippen LogP contribution in [0, 0.1) is 9.39 Å². The minimum Gasteiger partial charge on any atom is -0.372 e. The van der Waals surface area contributed by atoms with E-state index in [0.717, 1.165) is 0 Å². The van der Waals surface area contributed by atoms with Crippen LogP contribution in [0.15, 0.2) is 29.0 Å². The van der Waals surface area contributed by atoms with E-state index < -0.39 is 0 Å². The van der Waals surface area contributed by atoms with Gasteiger partial charge in [-0.15, -0.1) is 0 Å². The molecule has 7 heteroatoms. The fraction of sp³-hybridized carbons (Fsp3) is 0.0909. The predicted molar refractivity (Wildman–Crippen MR) is 81.7 cm³/mol. The van der Waals surface area contributed by atoms with Gasteiger partial charge < -0.3 is 10.6 Å². The lowest BCUT2D eigenvalue weighted by molar-refractivity contribution is 0.621. The molecule has 0 aliphatic heterocycles. The summed E-state index contributed by atoms with van der Waals surface area (Å²) in [7, 11) is 1.77. The first-order chi connectivity index (χ1) is 8.63. The Bertz CT molecular complexity index is 579.